The zero-order valence-electron chi connectivity index (χ0n) is 13.1. The van der Waals surface area contributed by atoms with Crippen molar-refractivity contribution >= 4 is 23.4 Å². The second-order valence-corrected chi connectivity index (χ2v) is 6.14. The molecule has 0 spiro atoms. The summed E-state index contributed by atoms with van der Waals surface area (Å²) in [5, 5.41) is 9.14. The number of hydrogen-bond acceptors (Lipinski definition) is 4. The van der Waals surface area contributed by atoms with Gasteiger partial charge in [-0.3, -0.25) is 9.59 Å². The van der Waals surface area contributed by atoms with E-state index in [2.05, 4.69) is 10.2 Å². The van der Waals surface area contributed by atoms with Crippen LogP contribution in [0.5, 0.6) is 0 Å². The van der Waals surface area contributed by atoms with Crippen LogP contribution in [0.25, 0.3) is 0 Å². The Morgan fingerprint density at radius 1 is 1.17 bits per heavy atom. The molecule has 2 heterocycles. The van der Waals surface area contributed by atoms with Crippen molar-refractivity contribution < 1.29 is 9.59 Å². The lowest BCUT2D eigenvalue weighted by atomic mass is 10.1. The van der Waals surface area contributed by atoms with E-state index < -0.39 is 5.91 Å². The number of aromatic nitrogens is 3. The summed E-state index contributed by atoms with van der Waals surface area (Å²) in [5.41, 5.74) is 6.08. The molecule has 0 saturated heterocycles. The molecule has 1 aromatic heterocycles. The lowest BCUT2D eigenvalue weighted by Crippen LogP contribution is -2.39. The van der Waals surface area contributed by atoms with Crippen LogP contribution in [0.3, 0.4) is 0 Å². The number of carbonyl (C=O) groups excluding carboxylic acids is 2. The summed E-state index contributed by atoms with van der Waals surface area (Å²) in [5.74, 6) is 1.03. The first-order chi connectivity index (χ1) is 11.5. The van der Waals surface area contributed by atoms with Crippen LogP contribution < -0.4 is 5.73 Å². The predicted molar refractivity (Wildman–Crippen MR) is 88.1 cm³/mol. The van der Waals surface area contributed by atoms with E-state index in [1.165, 1.54) is 0 Å². The molecule has 126 valence electrons. The molecular weight excluding hydrogens is 330 g/mol. The van der Waals surface area contributed by atoms with Gasteiger partial charge in [0.1, 0.15) is 5.82 Å². The Morgan fingerprint density at radius 2 is 1.96 bits per heavy atom. The van der Waals surface area contributed by atoms with Gasteiger partial charge in [0.05, 0.1) is 6.54 Å². The Labute approximate surface area is 144 Å². The molecule has 0 atom stereocenters. The third-order valence-corrected chi connectivity index (χ3v) is 4.44. The molecule has 0 saturated carbocycles. The number of hydrogen-bond donors (Lipinski definition) is 1. The summed E-state index contributed by atoms with van der Waals surface area (Å²) in [4.78, 5) is 24.6. The van der Waals surface area contributed by atoms with Crippen LogP contribution in [0.1, 0.15) is 30.1 Å². The van der Waals surface area contributed by atoms with Gasteiger partial charge in [-0.1, -0.05) is 29.8 Å². The number of amides is 2. The first kappa shape index (κ1) is 16.4. The Morgan fingerprint density at radius 3 is 2.71 bits per heavy atom. The van der Waals surface area contributed by atoms with E-state index in [9.17, 15) is 9.59 Å². The third kappa shape index (κ3) is 3.56. The fourth-order valence-corrected chi connectivity index (χ4v) is 2.96. The van der Waals surface area contributed by atoms with Gasteiger partial charge in [-0.05, 0) is 11.6 Å². The highest BCUT2D eigenvalue weighted by atomic mass is 35.5. The number of nitrogens with two attached hydrogens (primary N) is 1. The van der Waals surface area contributed by atoms with Crippen molar-refractivity contribution in [2.24, 2.45) is 5.73 Å². The van der Waals surface area contributed by atoms with Crippen LogP contribution in [0, 0.1) is 0 Å². The summed E-state index contributed by atoms with van der Waals surface area (Å²) < 4.78 is 2.03. The first-order valence-electron chi connectivity index (χ1n) is 7.75. The van der Waals surface area contributed by atoms with Crippen molar-refractivity contribution in [1.29, 1.82) is 0 Å². The lowest BCUT2D eigenvalue weighted by Gasteiger charge is -2.27. The number of primary amides is 1. The van der Waals surface area contributed by atoms with Gasteiger partial charge >= 0.3 is 0 Å². The predicted octanol–water partition coefficient (Wildman–Crippen LogP) is 1.13. The number of rotatable bonds is 5. The Balaban J connectivity index is 1.69. The topological polar surface area (TPSA) is 94.1 Å². The summed E-state index contributed by atoms with van der Waals surface area (Å²) in [7, 11) is 0. The largest absolute Gasteiger partial charge is 0.370 e. The molecule has 0 unspecified atom stereocenters. The second kappa shape index (κ2) is 7.00. The fraction of sp³-hybridized carbons (Fsp3) is 0.375. The molecule has 8 heteroatoms. The van der Waals surface area contributed by atoms with Crippen molar-refractivity contribution in [3.8, 4) is 0 Å². The van der Waals surface area contributed by atoms with Gasteiger partial charge in [-0.25, -0.2) is 0 Å². The molecule has 2 N–H and O–H groups in total. The molecule has 1 aliphatic rings. The SMILES string of the molecule is NC(=O)CCC(=O)N1CCn2c(Cc3ccccc3Cl)nnc2C1. The highest BCUT2D eigenvalue weighted by Crippen LogP contribution is 2.20. The standard InChI is InChI=1S/C16H18ClN5O2/c17-12-4-2-1-3-11(12)9-14-19-20-15-10-21(7-8-22(14)15)16(24)6-5-13(18)23/h1-4H,5-10H2,(H2,18,23). The van der Waals surface area contributed by atoms with Crippen LogP contribution >= 0.6 is 11.6 Å². The van der Waals surface area contributed by atoms with Gasteiger partial charge in [0, 0.05) is 37.4 Å². The van der Waals surface area contributed by atoms with Crippen LogP contribution in [-0.2, 0) is 29.1 Å². The first-order valence-corrected chi connectivity index (χ1v) is 8.13. The number of carbonyl (C=O) groups is 2. The molecule has 0 aliphatic carbocycles. The summed E-state index contributed by atoms with van der Waals surface area (Å²) in [6.45, 7) is 1.59. The minimum absolute atomic E-state index is 0.0692. The Hall–Kier alpha value is -2.41. The van der Waals surface area contributed by atoms with Crippen molar-refractivity contribution in [1.82, 2.24) is 19.7 Å². The molecule has 0 radical (unpaired) electrons. The van der Waals surface area contributed by atoms with Gasteiger partial charge in [0.25, 0.3) is 0 Å². The van der Waals surface area contributed by atoms with Crippen LogP contribution in [-0.4, -0.2) is 38.0 Å². The zero-order chi connectivity index (χ0) is 17.1. The fourth-order valence-electron chi connectivity index (χ4n) is 2.76. The molecular formula is C16H18ClN5O2. The van der Waals surface area contributed by atoms with Gasteiger partial charge in [-0.15, -0.1) is 10.2 Å². The lowest BCUT2D eigenvalue weighted by molar-refractivity contribution is -0.134. The normalized spacial score (nSPS) is 13.6. The molecule has 1 aliphatic heterocycles. The van der Waals surface area contributed by atoms with Crippen molar-refractivity contribution in [3.05, 3.63) is 46.5 Å². The smallest absolute Gasteiger partial charge is 0.223 e. The summed E-state index contributed by atoms with van der Waals surface area (Å²) >= 11 is 6.20. The van der Waals surface area contributed by atoms with Crippen LogP contribution in [0.15, 0.2) is 24.3 Å². The molecule has 7 nitrogen and oxygen atoms in total. The maximum absolute atomic E-state index is 12.1. The van der Waals surface area contributed by atoms with E-state index in [4.69, 9.17) is 17.3 Å². The highest BCUT2D eigenvalue weighted by Gasteiger charge is 2.24. The number of fused-ring (bicyclic) bond motifs is 1. The van der Waals surface area contributed by atoms with Gasteiger partial charge in [0.15, 0.2) is 5.82 Å². The monoisotopic (exact) mass is 347 g/mol. The molecule has 3 rings (SSSR count). The minimum Gasteiger partial charge on any atom is -0.370 e. The molecule has 24 heavy (non-hydrogen) atoms. The molecule has 1 aromatic carbocycles. The minimum atomic E-state index is -0.467. The molecule has 0 fully saturated rings. The second-order valence-electron chi connectivity index (χ2n) is 5.73. The number of halogens is 1. The Bertz CT molecular complexity index is 774. The van der Waals surface area contributed by atoms with E-state index in [-0.39, 0.29) is 18.7 Å². The average Bonchev–Trinajstić information content (AvgIpc) is 2.97. The number of nitrogens with zero attached hydrogens (tertiary/aromatic N) is 4. The highest BCUT2D eigenvalue weighted by molar-refractivity contribution is 6.31. The Kier molecular flexibility index (Phi) is 4.80. The maximum atomic E-state index is 12.1. The van der Waals surface area contributed by atoms with Crippen LogP contribution in [0.2, 0.25) is 5.02 Å². The number of benzene rings is 1. The maximum Gasteiger partial charge on any atom is 0.223 e. The molecule has 0 bridgehead atoms. The van der Waals surface area contributed by atoms with Crippen molar-refractivity contribution in [2.45, 2.75) is 32.4 Å². The molecule has 2 amide bonds. The average molecular weight is 348 g/mol. The van der Waals surface area contributed by atoms with E-state index in [1.54, 1.807) is 4.90 Å². The van der Waals surface area contributed by atoms with Gasteiger partial charge in [0.2, 0.25) is 11.8 Å². The van der Waals surface area contributed by atoms with Gasteiger partial charge in [-0.2, -0.15) is 0 Å². The van der Waals surface area contributed by atoms with Crippen molar-refractivity contribution in [2.75, 3.05) is 6.54 Å². The van der Waals surface area contributed by atoms with E-state index in [1.807, 2.05) is 28.8 Å². The summed E-state index contributed by atoms with van der Waals surface area (Å²) in [6, 6.07) is 7.64. The van der Waals surface area contributed by atoms with Gasteiger partial charge < -0.3 is 15.2 Å². The van der Waals surface area contributed by atoms with Crippen LogP contribution in [0.4, 0.5) is 0 Å². The van der Waals surface area contributed by atoms with Crippen molar-refractivity contribution in [3.63, 3.8) is 0 Å². The third-order valence-electron chi connectivity index (χ3n) is 4.07. The molecule has 2 aromatic rings. The van der Waals surface area contributed by atoms with E-state index in [0.717, 1.165) is 17.2 Å². The zero-order valence-corrected chi connectivity index (χ0v) is 13.9. The van der Waals surface area contributed by atoms with E-state index in [0.29, 0.717) is 31.1 Å². The summed E-state index contributed by atoms with van der Waals surface area (Å²) in [6.07, 6.45) is 0.804. The van der Waals surface area contributed by atoms with E-state index >= 15 is 0 Å². The quantitative estimate of drug-likeness (QED) is 0.877.